The highest BCUT2D eigenvalue weighted by Gasteiger charge is 2.31. The SMILES string of the molecule is Cn1cnnc1CCNS(=O)(=O)N1CCCC(C(=O)O)C1. The molecule has 1 aromatic heterocycles. The van der Waals surface area contributed by atoms with E-state index in [4.69, 9.17) is 5.11 Å². The second-order valence-electron chi connectivity index (χ2n) is 5.04. The van der Waals surface area contributed by atoms with E-state index in [-0.39, 0.29) is 13.1 Å². The van der Waals surface area contributed by atoms with Crippen molar-refractivity contribution in [2.75, 3.05) is 19.6 Å². The molecular formula is C11H19N5O4S. The number of aryl methyl sites for hydroxylation is 1. The Bertz CT molecular complexity index is 600. The molecule has 0 bridgehead atoms. The first-order valence-corrected chi connectivity index (χ1v) is 8.14. The van der Waals surface area contributed by atoms with Crippen LogP contribution in [0.1, 0.15) is 18.7 Å². The van der Waals surface area contributed by atoms with Crippen LogP contribution in [-0.4, -0.2) is 58.2 Å². The molecule has 1 aromatic rings. The number of nitrogens with one attached hydrogen (secondary N) is 1. The van der Waals surface area contributed by atoms with E-state index in [9.17, 15) is 13.2 Å². The smallest absolute Gasteiger partial charge is 0.307 e. The van der Waals surface area contributed by atoms with E-state index in [1.54, 1.807) is 17.9 Å². The van der Waals surface area contributed by atoms with Crippen molar-refractivity contribution in [1.29, 1.82) is 0 Å². The highest BCUT2D eigenvalue weighted by molar-refractivity contribution is 7.87. The van der Waals surface area contributed by atoms with Gasteiger partial charge in [-0.1, -0.05) is 0 Å². The first-order chi connectivity index (χ1) is 9.90. The Morgan fingerprint density at radius 2 is 2.33 bits per heavy atom. The van der Waals surface area contributed by atoms with Gasteiger partial charge in [-0.15, -0.1) is 10.2 Å². The number of hydrogen-bond donors (Lipinski definition) is 2. The normalized spacial score (nSPS) is 20.5. The van der Waals surface area contributed by atoms with Gasteiger partial charge in [0.2, 0.25) is 0 Å². The fourth-order valence-electron chi connectivity index (χ4n) is 2.28. The van der Waals surface area contributed by atoms with Crippen LogP contribution in [0.4, 0.5) is 0 Å². The van der Waals surface area contributed by atoms with Crippen LogP contribution < -0.4 is 4.72 Å². The average Bonchev–Trinajstić information content (AvgIpc) is 2.84. The van der Waals surface area contributed by atoms with E-state index < -0.39 is 22.1 Å². The lowest BCUT2D eigenvalue weighted by Gasteiger charge is -2.29. The number of carboxylic acid groups (broad SMARTS) is 1. The standard InChI is InChI=1S/C11H19N5O4S/c1-15-8-12-14-10(15)4-5-13-21(19,20)16-6-2-3-9(7-16)11(17)18/h8-9,13H,2-7H2,1H3,(H,17,18). The number of aromatic nitrogens is 3. The van der Waals surface area contributed by atoms with Crippen molar-refractivity contribution < 1.29 is 18.3 Å². The largest absolute Gasteiger partial charge is 0.481 e. The fraction of sp³-hybridized carbons (Fsp3) is 0.727. The zero-order valence-corrected chi connectivity index (χ0v) is 12.6. The molecule has 2 heterocycles. The fourth-order valence-corrected chi connectivity index (χ4v) is 3.57. The molecule has 1 atom stereocenters. The zero-order valence-electron chi connectivity index (χ0n) is 11.8. The molecule has 1 saturated heterocycles. The molecular weight excluding hydrogens is 298 g/mol. The summed E-state index contributed by atoms with van der Waals surface area (Å²) in [5, 5.41) is 16.6. The van der Waals surface area contributed by atoms with E-state index in [0.29, 0.717) is 31.6 Å². The third kappa shape index (κ3) is 3.99. The summed E-state index contributed by atoms with van der Waals surface area (Å²) < 4.78 is 29.7. The van der Waals surface area contributed by atoms with Gasteiger partial charge >= 0.3 is 5.97 Å². The third-order valence-electron chi connectivity index (χ3n) is 3.51. The molecule has 2 rings (SSSR count). The summed E-state index contributed by atoms with van der Waals surface area (Å²) in [6.07, 6.45) is 3.04. The lowest BCUT2D eigenvalue weighted by atomic mass is 10.0. The first kappa shape index (κ1) is 15.9. The van der Waals surface area contributed by atoms with Gasteiger partial charge in [0.15, 0.2) is 0 Å². The minimum atomic E-state index is -3.65. The first-order valence-electron chi connectivity index (χ1n) is 6.70. The molecule has 0 radical (unpaired) electrons. The highest BCUT2D eigenvalue weighted by atomic mass is 32.2. The van der Waals surface area contributed by atoms with Gasteiger partial charge in [-0.3, -0.25) is 4.79 Å². The Balaban J connectivity index is 1.89. The number of rotatable bonds is 6. The van der Waals surface area contributed by atoms with E-state index in [1.807, 2.05) is 0 Å². The summed E-state index contributed by atoms with van der Waals surface area (Å²) in [6.45, 7) is 0.570. The molecule has 0 aliphatic carbocycles. The molecule has 2 N–H and O–H groups in total. The van der Waals surface area contributed by atoms with Crippen LogP contribution in [0.3, 0.4) is 0 Å². The maximum atomic E-state index is 12.1. The van der Waals surface area contributed by atoms with Crippen molar-refractivity contribution in [3.63, 3.8) is 0 Å². The molecule has 0 spiro atoms. The Morgan fingerprint density at radius 1 is 1.57 bits per heavy atom. The summed E-state index contributed by atoms with van der Waals surface area (Å²) in [7, 11) is -1.87. The summed E-state index contributed by atoms with van der Waals surface area (Å²) in [5.74, 6) is -0.900. The molecule has 118 valence electrons. The predicted molar refractivity (Wildman–Crippen MR) is 73.6 cm³/mol. The summed E-state index contributed by atoms with van der Waals surface area (Å²) in [5.41, 5.74) is 0. The molecule has 10 heteroatoms. The summed E-state index contributed by atoms with van der Waals surface area (Å²) >= 11 is 0. The molecule has 0 saturated carbocycles. The van der Waals surface area contributed by atoms with Gasteiger partial charge in [-0.25, -0.2) is 4.72 Å². The van der Waals surface area contributed by atoms with Crippen LogP contribution in [0.5, 0.6) is 0 Å². The van der Waals surface area contributed by atoms with Gasteiger partial charge < -0.3 is 9.67 Å². The molecule has 9 nitrogen and oxygen atoms in total. The maximum absolute atomic E-state index is 12.1. The third-order valence-corrected chi connectivity index (χ3v) is 5.09. The maximum Gasteiger partial charge on any atom is 0.307 e. The van der Waals surface area contributed by atoms with Crippen LogP contribution in [0.2, 0.25) is 0 Å². The molecule has 1 unspecified atom stereocenters. The Morgan fingerprint density at radius 3 is 2.95 bits per heavy atom. The van der Waals surface area contributed by atoms with Gasteiger partial charge in [0, 0.05) is 33.1 Å². The van der Waals surface area contributed by atoms with Crippen molar-refractivity contribution >= 4 is 16.2 Å². The number of nitrogens with zero attached hydrogens (tertiary/aromatic N) is 4. The van der Waals surface area contributed by atoms with Crippen molar-refractivity contribution in [3.05, 3.63) is 12.2 Å². The zero-order chi connectivity index (χ0) is 15.5. The Labute approximate surface area is 123 Å². The lowest BCUT2D eigenvalue weighted by molar-refractivity contribution is -0.142. The highest BCUT2D eigenvalue weighted by Crippen LogP contribution is 2.18. The van der Waals surface area contributed by atoms with Crippen molar-refractivity contribution in [3.8, 4) is 0 Å². The lowest BCUT2D eigenvalue weighted by Crippen LogP contribution is -2.47. The molecule has 0 aromatic carbocycles. The summed E-state index contributed by atoms with van der Waals surface area (Å²) in [6, 6.07) is 0. The van der Waals surface area contributed by atoms with Crippen LogP contribution in [0, 0.1) is 5.92 Å². The van der Waals surface area contributed by atoms with E-state index in [1.165, 1.54) is 4.31 Å². The van der Waals surface area contributed by atoms with Crippen molar-refractivity contribution in [2.24, 2.45) is 13.0 Å². The van der Waals surface area contributed by atoms with E-state index in [0.717, 1.165) is 0 Å². The van der Waals surface area contributed by atoms with Gasteiger partial charge in [-0.05, 0) is 12.8 Å². The second kappa shape index (κ2) is 6.50. The van der Waals surface area contributed by atoms with Crippen LogP contribution >= 0.6 is 0 Å². The van der Waals surface area contributed by atoms with E-state index >= 15 is 0 Å². The van der Waals surface area contributed by atoms with Crippen LogP contribution in [0.15, 0.2) is 6.33 Å². The Hall–Kier alpha value is -1.52. The summed E-state index contributed by atoms with van der Waals surface area (Å²) in [4.78, 5) is 11.0. The van der Waals surface area contributed by atoms with Crippen LogP contribution in [0.25, 0.3) is 0 Å². The quantitative estimate of drug-likeness (QED) is 0.694. The van der Waals surface area contributed by atoms with Gasteiger partial charge in [0.25, 0.3) is 10.2 Å². The predicted octanol–water partition coefficient (Wildman–Crippen LogP) is -1.01. The topological polar surface area (TPSA) is 117 Å². The molecule has 21 heavy (non-hydrogen) atoms. The number of carboxylic acids is 1. The number of piperidine rings is 1. The number of hydrogen-bond acceptors (Lipinski definition) is 5. The van der Waals surface area contributed by atoms with Gasteiger partial charge in [-0.2, -0.15) is 12.7 Å². The van der Waals surface area contributed by atoms with Crippen molar-refractivity contribution in [2.45, 2.75) is 19.3 Å². The molecule has 1 fully saturated rings. The van der Waals surface area contributed by atoms with Gasteiger partial charge in [0.05, 0.1) is 5.92 Å². The number of aliphatic carboxylic acids is 1. The molecule has 1 aliphatic rings. The average molecular weight is 317 g/mol. The molecule has 1 aliphatic heterocycles. The van der Waals surface area contributed by atoms with E-state index in [2.05, 4.69) is 14.9 Å². The monoisotopic (exact) mass is 317 g/mol. The second-order valence-corrected chi connectivity index (χ2v) is 6.80. The Kier molecular flexibility index (Phi) is 4.91. The van der Waals surface area contributed by atoms with Crippen LogP contribution in [-0.2, 0) is 28.5 Å². The van der Waals surface area contributed by atoms with Gasteiger partial charge in [0.1, 0.15) is 12.2 Å². The molecule has 0 amide bonds. The van der Waals surface area contributed by atoms with Crippen molar-refractivity contribution in [1.82, 2.24) is 23.8 Å². The minimum Gasteiger partial charge on any atom is -0.481 e. The number of carbonyl (C=O) groups is 1. The minimum absolute atomic E-state index is 0.0224.